The Morgan fingerprint density at radius 2 is 1.74 bits per heavy atom. The highest BCUT2D eigenvalue weighted by atomic mass is 127. The average molecular weight is 533 g/mol. The first-order valence-electron chi connectivity index (χ1n) is 10.5. The fourth-order valence-electron chi connectivity index (χ4n) is 3.81. The maximum Gasteiger partial charge on any atom is 0.191 e. The highest BCUT2D eigenvalue weighted by Gasteiger charge is 2.22. The number of likely N-dealkylation sites (tertiary alicyclic amines) is 1. The van der Waals surface area contributed by atoms with Gasteiger partial charge in [0.25, 0.3) is 0 Å². The summed E-state index contributed by atoms with van der Waals surface area (Å²) in [6, 6.07) is 18.4. The first-order valence-corrected chi connectivity index (χ1v) is 10.5. The van der Waals surface area contributed by atoms with Crippen molar-refractivity contribution in [2.75, 3.05) is 33.8 Å². The number of aliphatic imine (C=N–C) groups is 1. The Hall–Kier alpha value is -2.31. The van der Waals surface area contributed by atoms with Crippen LogP contribution in [-0.2, 0) is 6.54 Å². The second-order valence-electron chi connectivity index (χ2n) is 7.50. The van der Waals surface area contributed by atoms with Crippen molar-refractivity contribution >= 4 is 29.9 Å². The fourth-order valence-corrected chi connectivity index (χ4v) is 3.81. The minimum atomic E-state index is 0. The van der Waals surface area contributed by atoms with Crippen molar-refractivity contribution in [1.82, 2.24) is 15.5 Å². The van der Waals surface area contributed by atoms with Crippen molar-refractivity contribution in [3.05, 3.63) is 65.2 Å². The minimum absolute atomic E-state index is 0. The van der Waals surface area contributed by atoms with Gasteiger partial charge in [0.05, 0.1) is 24.8 Å². The summed E-state index contributed by atoms with van der Waals surface area (Å²) < 4.78 is 5.32. The van der Waals surface area contributed by atoms with E-state index < -0.39 is 0 Å². The van der Waals surface area contributed by atoms with Gasteiger partial charge in [-0.3, -0.25) is 9.89 Å². The van der Waals surface area contributed by atoms with Gasteiger partial charge >= 0.3 is 0 Å². The zero-order valence-corrected chi connectivity index (χ0v) is 20.6. The number of piperidine rings is 1. The van der Waals surface area contributed by atoms with Crippen LogP contribution in [0.3, 0.4) is 0 Å². The van der Waals surface area contributed by atoms with Gasteiger partial charge in [0.2, 0.25) is 0 Å². The second-order valence-corrected chi connectivity index (χ2v) is 7.50. The van der Waals surface area contributed by atoms with Crippen molar-refractivity contribution in [3.63, 3.8) is 0 Å². The van der Waals surface area contributed by atoms with E-state index in [9.17, 15) is 0 Å². The number of guanidine groups is 1. The van der Waals surface area contributed by atoms with Gasteiger partial charge in [-0.15, -0.1) is 24.0 Å². The van der Waals surface area contributed by atoms with Gasteiger partial charge in [0, 0.05) is 20.1 Å². The number of methoxy groups -OCH3 is 1. The van der Waals surface area contributed by atoms with Crippen LogP contribution >= 0.6 is 24.0 Å². The fraction of sp³-hybridized carbons (Fsp3) is 0.417. The van der Waals surface area contributed by atoms with Crippen molar-refractivity contribution in [2.24, 2.45) is 4.99 Å². The molecule has 2 N–H and O–H groups in total. The normalized spacial score (nSPS) is 15.3. The first kappa shape index (κ1) is 25.0. The Balaban J connectivity index is 0.00000341. The molecule has 0 saturated carbocycles. The molecule has 0 spiro atoms. The molecule has 1 fully saturated rings. The summed E-state index contributed by atoms with van der Waals surface area (Å²) in [6.45, 7) is 3.67. The van der Waals surface area contributed by atoms with Crippen LogP contribution in [0.4, 0.5) is 0 Å². The average Bonchev–Trinajstić information content (AvgIpc) is 2.82. The largest absolute Gasteiger partial charge is 0.497 e. The van der Waals surface area contributed by atoms with E-state index in [0.29, 0.717) is 12.1 Å². The van der Waals surface area contributed by atoms with Gasteiger partial charge in [-0.1, -0.05) is 30.7 Å². The molecule has 2 aromatic rings. The number of rotatable bonds is 7. The lowest BCUT2D eigenvalue weighted by Crippen LogP contribution is -2.44. The van der Waals surface area contributed by atoms with Crippen molar-refractivity contribution in [3.8, 4) is 11.8 Å². The van der Waals surface area contributed by atoms with Gasteiger partial charge in [0.15, 0.2) is 5.96 Å². The molecule has 3 rings (SSSR count). The molecule has 2 aromatic carbocycles. The molecule has 1 aliphatic heterocycles. The van der Waals surface area contributed by atoms with Crippen LogP contribution in [0.1, 0.15) is 42.0 Å². The van der Waals surface area contributed by atoms with E-state index in [2.05, 4.69) is 38.7 Å². The summed E-state index contributed by atoms with van der Waals surface area (Å²) in [6.07, 6.45) is 3.81. The molecule has 0 amide bonds. The number of nitrogens with one attached hydrogen (secondary N) is 2. The number of hydrogen-bond acceptors (Lipinski definition) is 4. The lowest BCUT2D eigenvalue weighted by molar-refractivity contribution is 0.164. The quantitative estimate of drug-likeness (QED) is 0.319. The molecule has 1 saturated heterocycles. The second kappa shape index (κ2) is 13.2. The summed E-state index contributed by atoms with van der Waals surface area (Å²) >= 11 is 0. The maximum atomic E-state index is 8.93. The summed E-state index contributed by atoms with van der Waals surface area (Å²) in [4.78, 5) is 6.94. The monoisotopic (exact) mass is 533 g/mol. The summed E-state index contributed by atoms with van der Waals surface area (Å²) in [7, 11) is 3.49. The van der Waals surface area contributed by atoms with Gasteiger partial charge in [-0.05, 0) is 61.3 Å². The molecule has 1 unspecified atom stereocenters. The van der Waals surface area contributed by atoms with E-state index in [4.69, 9.17) is 10.00 Å². The Kier molecular flexibility index (Phi) is 10.6. The summed E-state index contributed by atoms with van der Waals surface area (Å²) in [5.41, 5.74) is 3.07. The lowest BCUT2D eigenvalue weighted by Gasteiger charge is -2.35. The van der Waals surface area contributed by atoms with Gasteiger partial charge in [-0.25, -0.2) is 0 Å². The van der Waals surface area contributed by atoms with Gasteiger partial charge < -0.3 is 15.4 Å². The number of ether oxygens (including phenoxy) is 1. The topological polar surface area (TPSA) is 72.7 Å². The molecular formula is C24H32IN5O. The number of halogens is 1. The maximum absolute atomic E-state index is 8.93. The number of nitrogens with zero attached hydrogens (tertiary/aromatic N) is 3. The lowest BCUT2D eigenvalue weighted by atomic mass is 10.0. The molecule has 0 bridgehead atoms. The van der Waals surface area contributed by atoms with Crippen molar-refractivity contribution in [2.45, 2.75) is 31.8 Å². The predicted molar refractivity (Wildman–Crippen MR) is 136 cm³/mol. The van der Waals surface area contributed by atoms with Gasteiger partial charge in [0.1, 0.15) is 5.75 Å². The van der Waals surface area contributed by atoms with E-state index in [1.807, 2.05) is 36.4 Å². The molecule has 0 radical (unpaired) electrons. The highest BCUT2D eigenvalue weighted by molar-refractivity contribution is 14.0. The SMILES string of the molecule is CN=C(NCc1ccc(C#N)cc1)NCC(c1ccc(OC)cc1)N1CCCCC1.I. The van der Waals surface area contributed by atoms with Crippen LogP contribution in [0.2, 0.25) is 0 Å². The molecular weight excluding hydrogens is 501 g/mol. The predicted octanol–water partition coefficient (Wildman–Crippen LogP) is 4.08. The Morgan fingerprint density at radius 1 is 1.06 bits per heavy atom. The number of benzene rings is 2. The molecule has 1 atom stereocenters. The third-order valence-electron chi connectivity index (χ3n) is 5.56. The Labute approximate surface area is 202 Å². The van der Waals surface area contributed by atoms with Crippen LogP contribution < -0.4 is 15.4 Å². The number of nitriles is 1. The molecule has 6 nitrogen and oxygen atoms in total. The summed E-state index contributed by atoms with van der Waals surface area (Å²) in [5.74, 6) is 1.65. The smallest absolute Gasteiger partial charge is 0.191 e. The molecule has 0 aromatic heterocycles. The van der Waals surface area contributed by atoms with Gasteiger partial charge in [-0.2, -0.15) is 5.26 Å². The summed E-state index contributed by atoms with van der Waals surface area (Å²) in [5, 5.41) is 15.8. The van der Waals surface area contributed by atoms with Crippen molar-refractivity contribution in [1.29, 1.82) is 5.26 Å². The molecule has 1 aliphatic rings. The van der Waals surface area contributed by atoms with Crippen LogP contribution in [0.25, 0.3) is 0 Å². The van der Waals surface area contributed by atoms with Crippen LogP contribution in [0.5, 0.6) is 5.75 Å². The van der Waals surface area contributed by atoms with E-state index in [-0.39, 0.29) is 30.0 Å². The molecule has 1 heterocycles. The molecule has 31 heavy (non-hydrogen) atoms. The van der Waals surface area contributed by atoms with Crippen LogP contribution in [0, 0.1) is 11.3 Å². The zero-order valence-electron chi connectivity index (χ0n) is 18.3. The Bertz CT molecular complexity index is 855. The van der Waals surface area contributed by atoms with E-state index in [1.54, 1.807) is 14.2 Å². The third-order valence-corrected chi connectivity index (χ3v) is 5.56. The standard InChI is InChI=1S/C24H31N5O.HI/c1-26-24(27-17-20-8-6-19(16-25)7-9-20)28-18-23(29-14-4-3-5-15-29)21-10-12-22(30-2)13-11-21;/h6-13,23H,3-5,14-15,17-18H2,1-2H3,(H2,26,27,28);1H. The third kappa shape index (κ3) is 7.40. The molecule has 0 aliphatic carbocycles. The van der Waals surface area contributed by atoms with E-state index in [0.717, 1.165) is 36.9 Å². The Morgan fingerprint density at radius 3 is 2.32 bits per heavy atom. The molecule has 7 heteroatoms. The minimum Gasteiger partial charge on any atom is -0.497 e. The zero-order chi connectivity index (χ0) is 21.2. The van der Waals surface area contributed by atoms with E-state index in [1.165, 1.54) is 24.8 Å². The van der Waals surface area contributed by atoms with Crippen LogP contribution in [0.15, 0.2) is 53.5 Å². The highest BCUT2D eigenvalue weighted by Crippen LogP contribution is 2.25. The van der Waals surface area contributed by atoms with Crippen molar-refractivity contribution < 1.29 is 4.74 Å². The van der Waals surface area contributed by atoms with Crippen LogP contribution in [-0.4, -0.2) is 44.7 Å². The first-order chi connectivity index (χ1) is 14.7. The number of hydrogen-bond donors (Lipinski definition) is 2. The molecule has 166 valence electrons. The van der Waals surface area contributed by atoms with E-state index >= 15 is 0 Å².